The number of carbonyl (C=O) groups is 2. The lowest BCUT2D eigenvalue weighted by Gasteiger charge is -2.62. The summed E-state index contributed by atoms with van der Waals surface area (Å²) >= 11 is 0. The number of hydrogen-bond donors (Lipinski definition) is 2. The first-order chi connectivity index (χ1) is 16.6. The van der Waals surface area contributed by atoms with Crippen molar-refractivity contribution in [1.29, 1.82) is 0 Å². The highest BCUT2D eigenvalue weighted by Crippen LogP contribution is 2.72. The molecule has 8 heteroatoms. The summed E-state index contributed by atoms with van der Waals surface area (Å²) in [7, 11) is 0. The lowest BCUT2D eigenvalue weighted by molar-refractivity contribution is -0.227. The second kappa shape index (κ2) is 7.38. The highest BCUT2D eigenvalue weighted by Gasteiger charge is 2.79. The average Bonchev–Trinajstić information content (AvgIpc) is 3.34. The van der Waals surface area contributed by atoms with Crippen molar-refractivity contribution in [2.45, 2.75) is 69.3 Å². The first-order valence-electron chi connectivity index (χ1n) is 12.3. The van der Waals surface area contributed by atoms with E-state index in [0.717, 1.165) is 0 Å². The van der Waals surface area contributed by atoms with Crippen LogP contribution in [0.25, 0.3) is 0 Å². The van der Waals surface area contributed by atoms with E-state index in [2.05, 4.69) is 4.98 Å². The fourth-order valence-electron chi connectivity index (χ4n) is 8.15. The summed E-state index contributed by atoms with van der Waals surface area (Å²) in [5.41, 5.74) is -4.19. The molecule has 1 aromatic rings. The number of pyridine rings is 1. The summed E-state index contributed by atoms with van der Waals surface area (Å²) in [5, 5.41) is 21.5. The number of aromatic nitrogens is 1. The number of allylic oxidation sites excluding steroid dienone is 4. The van der Waals surface area contributed by atoms with Crippen LogP contribution in [0.3, 0.4) is 0 Å². The van der Waals surface area contributed by atoms with Crippen molar-refractivity contribution >= 4 is 11.6 Å². The Morgan fingerprint density at radius 3 is 2.71 bits per heavy atom. The van der Waals surface area contributed by atoms with Gasteiger partial charge in [0, 0.05) is 41.1 Å². The molecule has 0 amide bonds. The van der Waals surface area contributed by atoms with Crippen LogP contribution in [0.2, 0.25) is 0 Å². The van der Waals surface area contributed by atoms with Crippen LogP contribution in [-0.4, -0.2) is 56.8 Å². The topological polar surface area (TPSA) is 106 Å². The molecule has 6 rings (SSSR count). The van der Waals surface area contributed by atoms with Gasteiger partial charge in [-0.25, -0.2) is 4.39 Å². The van der Waals surface area contributed by atoms with Gasteiger partial charge >= 0.3 is 0 Å². The van der Waals surface area contributed by atoms with Gasteiger partial charge in [-0.2, -0.15) is 0 Å². The lowest BCUT2D eigenvalue weighted by atomic mass is 9.45. The highest BCUT2D eigenvalue weighted by molar-refractivity contribution is 5.94. The molecular weight excluding hydrogens is 453 g/mol. The molecule has 9 atom stereocenters. The number of aliphatic hydroxyl groups excluding tert-OH is 2. The number of hydrogen-bond acceptors (Lipinski definition) is 7. The second-order valence-corrected chi connectivity index (χ2v) is 11.2. The summed E-state index contributed by atoms with van der Waals surface area (Å²) in [6.07, 6.45) is 6.13. The Balaban J connectivity index is 1.44. The lowest BCUT2D eigenvalue weighted by Crippen LogP contribution is -2.69. The number of rotatable bonds is 3. The van der Waals surface area contributed by atoms with E-state index in [4.69, 9.17) is 9.47 Å². The van der Waals surface area contributed by atoms with Crippen LogP contribution < -0.4 is 0 Å². The molecule has 1 aromatic heterocycles. The predicted octanol–water partition coefficient (Wildman–Crippen LogP) is 2.78. The zero-order valence-corrected chi connectivity index (χ0v) is 19.8. The Labute approximate surface area is 203 Å². The van der Waals surface area contributed by atoms with Gasteiger partial charge in [0.1, 0.15) is 6.61 Å². The molecule has 2 N–H and O–H groups in total. The molecule has 4 aliphatic carbocycles. The Bertz CT molecular complexity index is 1150. The summed E-state index contributed by atoms with van der Waals surface area (Å²) in [6, 6.07) is 3.49. The number of ketones is 2. The zero-order chi connectivity index (χ0) is 24.8. The Hall–Kier alpha value is -2.26. The van der Waals surface area contributed by atoms with Crippen LogP contribution in [0.5, 0.6) is 0 Å². The van der Waals surface area contributed by atoms with E-state index in [-0.39, 0.29) is 24.5 Å². The molecule has 3 fully saturated rings. The summed E-state index contributed by atoms with van der Waals surface area (Å²) in [4.78, 5) is 29.5. The molecule has 1 aliphatic heterocycles. The number of fused-ring (bicyclic) bond motifs is 7. The molecule has 1 unspecified atom stereocenters. The Kier molecular flexibility index (Phi) is 4.88. The molecule has 7 nitrogen and oxygen atoms in total. The summed E-state index contributed by atoms with van der Waals surface area (Å²) < 4.78 is 30.0. The molecule has 2 heterocycles. The van der Waals surface area contributed by atoms with Crippen molar-refractivity contribution in [3.8, 4) is 0 Å². The van der Waals surface area contributed by atoms with Crippen molar-refractivity contribution in [3.63, 3.8) is 0 Å². The number of nitrogens with zero attached hydrogens (tertiary/aromatic N) is 1. The average molecular weight is 484 g/mol. The molecule has 35 heavy (non-hydrogen) atoms. The summed E-state index contributed by atoms with van der Waals surface area (Å²) in [5.74, 6) is -1.53. The third kappa shape index (κ3) is 2.66. The van der Waals surface area contributed by atoms with E-state index in [9.17, 15) is 19.8 Å². The second-order valence-electron chi connectivity index (χ2n) is 11.2. The van der Waals surface area contributed by atoms with Gasteiger partial charge in [0.05, 0.1) is 12.2 Å². The van der Waals surface area contributed by atoms with E-state index in [1.807, 2.05) is 13.0 Å². The minimum absolute atomic E-state index is 0.0238. The predicted molar refractivity (Wildman–Crippen MR) is 121 cm³/mol. The molecule has 0 spiro atoms. The van der Waals surface area contributed by atoms with Gasteiger partial charge in [-0.05, 0) is 50.3 Å². The number of Topliss-reactive ketones (excluding diaryl/α,β-unsaturated/α-hetero) is 1. The SMILES string of the molecule is C[C@]12C=CC(=O)CC1=CC[C@H]1[C@@H]3C[C@H]4OC(c5ccncc5)O[C@@]4(C(=O)CO)[C@@]3(C)C[C@H](O)[C@@]12F. The van der Waals surface area contributed by atoms with Crippen LogP contribution in [0.4, 0.5) is 4.39 Å². The molecule has 2 saturated carbocycles. The van der Waals surface area contributed by atoms with Crippen molar-refractivity contribution < 1.29 is 33.7 Å². The van der Waals surface area contributed by atoms with Crippen LogP contribution >= 0.6 is 0 Å². The number of alkyl halides is 1. The van der Waals surface area contributed by atoms with E-state index in [1.54, 1.807) is 37.5 Å². The smallest absolute Gasteiger partial charge is 0.193 e. The third-order valence-electron chi connectivity index (χ3n) is 9.88. The van der Waals surface area contributed by atoms with Crippen LogP contribution in [0.1, 0.15) is 51.4 Å². The first kappa shape index (κ1) is 23.2. The fourth-order valence-corrected chi connectivity index (χ4v) is 8.15. The van der Waals surface area contributed by atoms with Crippen molar-refractivity contribution in [3.05, 3.63) is 53.9 Å². The van der Waals surface area contributed by atoms with Crippen LogP contribution in [-0.2, 0) is 19.1 Å². The van der Waals surface area contributed by atoms with E-state index >= 15 is 4.39 Å². The van der Waals surface area contributed by atoms with Crippen molar-refractivity contribution in [2.24, 2.45) is 22.7 Å². The molecule has 0 bridgehead atoms. The minimum Gasteiger partial charge on any atom is -0.390 e. The normalized spacial score (nSPS) is 48.0. The first-order valence-corrected chi connectivity index (χ1v) is 12.3. The Morgan fingerprint density at radius 2 is 2.00 bits per heavy atom. The molecule has 0 aromatic carbocycles. The molecule has 0 radical (unpaired) electrons. The molecule has 5 aliphatic rings. The van der Waals surface area contributed by atoms with Crippen LogP contribution in [0, 0.1) is 22.7 Å². The van der Waals surface area contributed by atoms with Gasteiger partial charge in [-0.3, -0.25) is 14.6 Å². The van der Waals surface area contributed by atoms with E-state index < -0.39 is 58.9 Å². The molecule has 1 saturated heterocycles. The third-order valence-corrected chi connectivity index (χ3v) is 9.88. The maximum atomic E-state index is 17.3. The van der Waals surface area contributed by atoms with Gasteiger partial charge in [0.25, 0.3) is 0 Å². The number of carbonyl (C=O) groups excluding carboxylic acids is 2. The standard InChI is InChI=1S/C27H30FNO6/c1-24-8-5-17(31)11-16(24)3-4-18-19-12-22-27(21(33)14-30,25(19,2)13-20(32)26(18,24)28)35-23(34-22)15-6-9-29-10-7-15/h3,5-10,18-20,22-23,30,32H,4,11-14H2,1-2H3/t18-,19-,20-,22+,23?,24-,25-,26-,27+/m0/s1. The number of halogens is 1. The largest absolute Gasteiger partial charge is 0.390 e. The van der Waals surface area contributed by atoms with Gasteiger partial charge in [-0.15, -0.1) is 0 Å². The maximum absolute atomic E-state index is 17.3. The molecular formula is C27H30FNO6. The monoisotopic (exact) mass is 483 g/mol. The van der Waals surface area contributed by atoms with E-state index in [0.29, 0.717) is 24.0 Å². The summed E-state index contributed by atoms with van der Waals surface area (Å²) in [6.45, 7) is 2.89. The molecule has 186 valence electrons. The van der Waals surface area contributed by atoms with Gasteiger partial charge in [0.15, 0.2) is 29.1 Å². The minimum atomic E-state index is -2.01. The van der Waals surface area contributed by atoms with Gasteiger partial charge in [0.2, 0.25) is 0 Å². The van der Waals surface area contributed by atoms with Gasteiger partial charge in [-0.1, -0.05) is 24.6 Å². The number of ether oxygens (including phenoxy) is 2. The highest BCUT2D eigenvalue weighted by atomic mass is 19.1. The van der Waals surface area contributed by atoms with Crippen molar-refractivity contribution in [1.82, 2.24) is 4.98 Å². The quantitative estimate of drug-likeness (QED) is 0.637. The number of aliphatic hydroxyl groups is 2. The van der Waals surface area contributed by atoms with Gasteiger partial charge < -0.3 is 19.7 Å². The Morgan fingerprint density at radius 1 is 1.26 bits per heavy atom. The zero-order valence-electron chi connectivity index (χ0n) is 19.8. The van der Waals surface area contributed by atoms with E-state index in [1.165, 1.54) is 6.08 Å². The fraction of sp³-hybridized carbons (Fsp3) is 0.593. The van der Waals surface area contributed by atoms with Crippen LogP contribution in [0.15, 0.2) is 48.3 Å². The maximum Gasteiger partial charge on any atom is 0.193 e. The van der Waals surface area contributed by atoms with Crippen molar-refractivity contribution in [2.75, 3.05) is 6.61 Å².